The summed E-state index contributed by atoms with van der Waals surface area (Å²) in [5.74, 6) is -3.16. The van der Waals surface area contributed by atoms with Crippen LogP contribution in [0.2, 0.25) is 0 Å². The minimum atomic E-state index is -4.24. The zero-order chi connectivity index (χ0) is 8.65. The topological polar surface area (TPSA) is 26.3 Å². The highest BCUT2D eigenvalue weighted by atomic mass is 19.4. The molecule has 0 saturated heterocycles. The van der Waals surface area contributed by atoms with E-state index in [0.29, 0.717) is 0 Å². The summed E-state index contributed by atoms with van der Waals surface area (Å²) >= 11 is 0. The summed E-state index contributed by atoms with van der Waals surface area (Å²) in [6.45, 7) is 0. The van der Waals surface area contributed by atoms with Crippen LogP contribution in [0.3, 0.4) is 0 Å². The van der Waals surface area contributed by atoms with E-state index >= 15 is 0 Å². The second-order valence-electron chi connectivity index (χ2n) is 2.51. The Labute approximate surface area is 61.3 Å². The Morgan fingerprint density at radius 3 is 2.36 bits per heavy atom. The molecule has 0 aromatic heterocycles. The number of ether oxygens (including phenoxy) is 1. The number of methoxy groups -OCH3 is 1. The molecule has 1 fully saturated rings. The predicted octanol–water partition coefficient (Wildman–Crippen LogP) is 1.36. The Bertz CT molecular complexity index is 175. The van der Waals surface area contributed by atoms with Crippen LogP contribution in [0.15, 0.2) is 0 Å². The summed E-state index contributed by atoms with van der Waals surface area (Å²) in [4.78, 5) is 10.5. The fraction of sp³-hybridized carbons (Fsp3) is 0.833. The van der Waals surface area contributed by atoms with Gasteiger partial charge in [0.1, 0.15) is 0 Å². The van der Waals surface area contributed by atoms with Crippen LogP contribution in [0, 0.1) is 11.8 Å². The molecule has 0 N–H and O–H groups in total. The number of esters is 1. The number of carbonyl (C=O) groups excluding carboxylic acids is 1. The Morgan fingerprint density at radius 1 is 1.55 bits per heavy atom. The van der Waals surface area contributed by atoms with Crippen LogP contribution in [0.5, 0.6) is 0 Å². The van der Waals surface area contributed by atoms with E-state index in [-0.39, 0.29) is 6.42 Å². The molecule has 0 unspecified atom stereocenters. The largest absolute Gasteiger partial charge is 0.469 e. The van der Waals surface area contributed by atoms with Crippen LogP contribution in [0.4, 0.5) is 13.2 Å². The molecule has 0 bridgehead atoms. The highest BCUT2D eigenvalue weighted by molar-refractivity contribution is 5.75. The molecule has 11 heavy (non-hydrogen) atoms. The van der Waals surface area contributed by atoms with Gasteiger partial charge in [0.2, 0.25) is 0 Å². The molecule has 0 aliphatic heterocycles. The molecule has 64 valence electrons. The van der Waals surface area contributed by atoms with E-state index in [4.69, 9.17) is 0 Å². The third kappa shape index (κ3) is 1.64. The van der Waals surface area contributed by atoms with Crippen molar-refractivity contribution in [3.63, 3.8) is 0 Å². The standard InChI is InChI=1S/C6H7F3O2/c1-11-5(10)3-2-4(3)6(7,8)9/h3-4H,2H2,1H3/t3-,4-/m0/s1. The molecule has 0 heterocycles. The molecule has 0 aromatic rings. The molecule has 0 aromatic carbocycles. The molecular formula is C6H7F3O2. The summed E-state index contributed by atoms with van der Waals surface area (Å²) in [7, 11) is 1.09. The Balaban J connectivity index is 2.44. The Kier molecular flexibility index (Phi) is 1.82. The molecule has 1 rings (SSSR count). The van der Waals surface area contributed by atoms with Gasteiger partial charge in [-0.3, -0.25) is 4.79 Å². The first-order valence-electron chi connectivity index (χ1n) is 3.11. The summed E-state index contributed by atoms with van der Waals surface area (Å²) in [6, 6.07) is 0. The van der Waals surface area contributed by atoms with Crippen molar-refractivity contribution in [2.24, 2.45) is 11.8 Å². The lowest BCUT2D eigenvalue weighted by molar-refractivity contribution is -0.161. The smallest absolute Gasteiger partial charge is 0.392 e. The van der Waals surface area contributed by atoms with Crippen molar-refractivity contribution >= 4 is 5.97 Å². The van der Waals surface area contributed by atoms with Crippen molar-refractivity contribution in [3.05, 3.63) is 0 Å². The molecule has 1 aliphatic rings. The van der Waals surface area contributed by atoms with Gasteiger partial charge >= 0.3 is 12.1 Å². The van der Waals surface area contributed by atoms with Crippen LogP contribution >= 0.6 is 0 Å². The third-order valence-electron chi connectivity index (χ3n) is 1.71. The number of carbonyl (C=O) groups is 1. The van der Waals surface area contributed by atoms with Crippen molar-refractivity contribution in [2.75, 3.05) is 7.11 Å². The minimum Gasteiger partial charge on any atom is -0.469 e. The lowest BCUT2D eigenvalue weighted by atomic mass is 10.3. The molecule has 0 spiro atoms. The average molecular weight is 168 g/mol. The van der Waals surface area contributed by atoms with Crippen LogP contribution < -0.4 is 0 Å². The normalized spacial score (nSPS) is 29.8. The summed E-state index contributed by atoms with van der Waals surface area (Å²) < 4.78 is 39.5. The maximum Gasteiger partial charge on any atom is 0.392 e. The number of rotatable bonds is 1. The summed E-state index contributed by atoms with van der Waals surface area (Å²) in [6.07, 6.45) is -4.35. The Hall–Kier alpha value is -0.740. The monoisotopic (exact) mass is 168 g/mol. The van der Waals surface area contributed by atoms with Crippen LogP contribution in [-0.2, 0) is 9.53 Å². The van der Waals surface area contributed by atoms with Gasteiger partial charge in [0.05, 0.1) is 18.9 Å². The number of hydrogen-bond donors (Lipinski definition) is 0. The van der Waals surface area contributed by atoms with Gasteiger partial charge in [-0.05, 0) is 6.42 Å². The van der Waals surface area contributed by atoms with Crippen LogP contribution in [-0.4, -0.2) is 19.3 Å². The minimum absolute atomic E-state index is 0.115. The van der Waals surface area contributed by atoms with Crippen LogP contribution in [0.1, 0.15) is 6.42 Å². The van der Waals surface area contributed by atoms with Gasteiger partial charge in [-0.1, -0.05) is 0 Å². The summed E-state index contributed by atoms with van der Waals surface area (Å²) in [5.41, 5.74) is 0. The van der Waals surface area contributed by atoms with Gasteiger partial charge in [-0.2, -0.15) is 13.2 Å². The number of halogens is 3. The first-order chi connectivity index (χ1) is 4.96. The molecule has 0 amide bonds. The first-order valence-corrected chi connectivity index (χ1v) is 3.11. The third-order valence-corrected chi connectivity index (χ3v) is 1.71. The summed E-state index contributed by atoms with van der Waals surface area (Å²) in [5, 5.41) is 0. The van der Waals surface area contributed by atoms with E-state index < -0.39 is 24.0 Å². The van der Waals surface area contributed by atoms with Crippen molar-refractivity contribution in [3.8, 4) is 0 Å². The van der Waals surface area contributed by atoms with Gasteiger partial charge in [-0.25, -0.2) is 0 Å². The lowest BCUT2D eigenvalue weighted by Crippen LogP contribution is -2.15. The lowest BCUT2D eigenvalue weighted by Gasteiger charge is -2.03. The Morgan fingerprint density at radius 2 is 2.09 bits per heavy atom. The highest BCUT2D eigenvalue weighted by Crippen LogP contribution is 2.50. The van der Waals surface area contributed by atoms with E-state index in [9.17, 15) is 18.0 Å². The SMILES string of the molecule is COC(=O)[C@H]1C[C@@H]1C(F)(F)F. The predicted molar refractivity (Wildman–Crippen MR) is 29.7 cm³/mol. The molecule has 1 saturated carbocycles. The van der Waals surface area contributed by atoms with E-state index in [1.165, 1.54) is 0 Å². The zero-order valence-electron chi connectivity index (χ0n) is 5.81. The van der Waals surface area contributed by atoms with Gasteiger partial charge in [0, 0.05) is 0 Å². The molecule has 0 radical (unpaired) electrons. The molecule has 2 atom stereocenters. The first kappa shape index (κ1) is 8.36. The van der Waals surface area contributed by atoms with Gasteiger partial charge < -0.3 is 4.74 Å². The van der Waals surface area contributed by atoms with E-state index in [2.05, 4.69) is 4.74 Å². The van der Waals surface area contributed by atoms with Crippen molar-refractivity contribution in [2.45, 2.75) is 12.6 Å². The maximum atomic E-state index is 11.8. The number of alkyl halides is 3. The molecule has 2 nitrogen and oxygen atoms in total. The number of hydrogen-bond acceptors (Lipinski definition) is 2. The quantitative estimate of drug-likeness (QED) is 0.552. The van der Waals surface area contributed by atoms with Gasteiger partial charge in [0.25, 0.3) is 0 Å². The van der Waals surface area contributed by atoms with Crippen LogP contribution in [0.25, 0.3) is 0 Å². The maximum absolute atomic E-state index is 11.8. The average Bonchev–Trinajstić information content (AvgIpc) is 2.62. The van der Waals surface area contributed by atoms with Crippen molar-refractivity contribution in [1.82, 2.24) is 0 Å². The fourth-order valence-corrected chi connectivity index (χ4v) is 0.969. The van der Waals surface area contributed by atoms with E-state index in [1.54, 1.807) is 0 Å². The zero-order valence-corrected chi connectivity index (χ0v) is 5.81. The van der Waals surface area contributed by atoms with Crippen molar-refractivity contribution in [1.29, 1.82) is 0 Å². The van der Waals surface area contributed by atoms with Gasteiger partial charge in [0.15, 0.2) is 0 Å². The molecular weight excluding hydrogens is 161 g/mol. The van der Waals surface area contributed by atoms with E-state index in [0.717, 1.165) is 7.11 Å². The second-order valence-corrected chi connectivity index (χ2v) is 2.51. The van der Waals surface area contributed by atoms with Crippen molar-refractivity contribution < 1.29 is 22.7 Å². The second kappa shape index (κ2) is 2.39. The highest BCUT2D eigenvalue weighted by Gasteiger charge is 2.59. The molecule has 5 heteroatoms. The van der Waals surface area contributed by atoms with Gasteiger partial charge in [-0.15, -0.1) is 0 Å². The molecule has 1 aliphatic carbocycles. The fourth-order valence-electron chi connectivity index (χ4n) is 0.969. The van der Waals surface area contributed by atoms with E-state index in [1.807, 2.05) is 0 Å².